The smallest absolute Gasteiger partial charge is 0.430 e. The van der Waals surface area contributed by atoms with E-state index in [4.69, 9.17) is 8.23 Å². The van der Waals surface area contributed by atoms with Gasteiger partial charge in [-0.15, -0.1) is 0 Å². The van der Waals surface area contributed by atoms with E-state index in [0.717, 1.165) is 57.5 Å². The van der Waals surface area contributed by atoms with E-state index in [0.29, 0.717) is 12.1 Å². The van der Waals surface area contributed by atoms with Gasteiger partial charge in [0, 0.05) is 5.19 Å². The fraction of sp³-hybridized carbons (Fsp3) is 0.636. The van der Waals surface area contributed by atoms with Gasteiger partial charge in [0.05, 0.1) is 0 Å². The second kappa shape index (κ2) is 11.2. The van der Waals surface area contributed by atoms with E-state index in [-0.39, 0.29) is 0 Å². The summed E-state index contributed by atoms with van der Waals surface area (Å²) in [5, 5.41) is -1.18. The summed E-state index contributed by atoms with van der Waals surface area (Å²) < 4.78 is 252. The monoisotopic (exact) mass is 728 g/mol. The van der Waals surface area contributed by atoms with Crippen molar-refractivity contribution in [1.82, 2.24) is 0 Å². The van der Waals surface area contributed by atoms with Crippen LogP contribution in [0.2, 0.25) is 39.3 Å². The Morgan fingerprint density at radius 1 is 0.523 bits per heavy atom. The zero-order valence-electron chi connectivity index (χ0n) is 23.3. The Balaban J connectivity index is 4.30. The standard InChI is InChI=1S/C22H25F17O2Si3/c1-8-13-11-9-10-12-14(13)44(40-42(2,3)4,41-43(5,6)7)22(38,39)20(33,34)18(29,30)16(25,26)15(23,24)17(27,28)19(31,32)21(35,36)37/h8-12H,1H2,2-7H3. The summed E-state index contributed by atoms with van der Waals surface area (Å²) in [7, 11) is -14.5. The molecule has 0 atom stereocenters. The molecule has 1 aromatic rings. The van der Waals surface area contributed by atoms with Gasteiger partial charge in [-0.2, -0.15) is 74.6 Å². The molecule has 0 radical (unpaired) electrons. The van der Waals surface area contributed by atoms with E-state index in [2.05, 4.69) is 6.58 Å². The molecule has 0 saturated carbocycles. The molecule has 0 aliphatic heterocycles. The summed E-state index contributed by atoms with van der Waals surface area (Å²) in [5.41, 5.74) is -7.47. The lowest BCUT2D eigenvalue weighted by Crippen LogP contribution is -2.82. The second-order valence-corrected chi connectivity index (χ2v) is 23.8. The van der Waals surface area contributed by atoms with Crippen molar-refractivity contribution in [3.05, 3.63) is 36.4 Å². The third-order valence-electron chi connectivity index (χ3n) is 5.57. The van der Waals surface area contributed by atoms with Crippen LogP contribution in [0.4, 0.5) is 74.6 Å². The molecule has 256 valence electrons. The fourth-order valence-corrected chi connectivity index (χ4v) is 14.8. The van der Waals surface area contributed by atoms with Crippen LogP contribution in [0.1, 0.15) is 5.56 Å². The summed E-state index contributed by atoms with van der Waals surface area (Å²) in [6.45, 7) is 9.27. The third kappa shape index (κ3) is 6.08. The first kappa shape index (κ1) is 40.4. The maximum atomic E-state index is 16.2. The minimum Gasteiger partial charge on any atom is -0.430 e. The van der Waals surface area contributed by atoms with Crippen molar-refractivity contribution in [2.75, 3.05) is 0 Å². The van der Waals surface area contributed by atoms with Crippen LogP contribution in [0, 0.1) is 0 Å². The van der Waals surface area contributed by atoms with E-state index >= 15 is 17.6 Å². The van der Waals surface area contributed by atoms with Gasteiger partial charge in [-0.25, -0.2) is 0 Å². The van der Waals surface area contributed by atoms with Crippen molar-refractivity contribution in [3.8, 4) is 0 Å². The van der Waals surface area contributed by atoms with E-state index in [1.165, 1.54) is 0 Å². The molecule has 0 saturated heterocycles. The van der Waals surface area contributed by atoms with Crippen LogP contribution in [-0.2, 0) is 8.23 Å². The average molecular weight is 729 g/mol. The van der Waals surface area contributed by atoms with Crippen LogP contribution in [-0.4, -0.2) is 72.5 Å². The number of benzene rings is 1. The quantitative estimate of drug-likeness (QED) is 0.149. The minimum atomic E-state index is -8.73. The van der Waals surface area contributed by atoms with Crippen molar-refractivity contribution >= 4 is 36.5 Å². The first-order valence-electron chi connectivity index (χ1n) is 11.8. The maximum Gasteiger partial charge on any atom is 0.460 e. The molecule has 22 heteroatoms. The number of rotatable bonds is 13. The van der Waals surface area contributed by atoms with Crippen molar-refractivity contribution in [3.63, 3.8) is 0 Å². The van der Waals surface area contributed by atoms with E-state index in [1.807, 2.05) is 0 Å². The lowest BCUT2D eigenvalue weighted by molar-refractivity contribution is -0.459. The summed E-state index contributed by atoms with van der Waals surface area (Å²) in [4.78, 5) is 0. The third-order valence-corrected chi connectivity index (χ3v) is 15.1. The van der Waals surface area contributed by atoms with E-state index in [1.54, 1.807) is 0 Å². The molecule has 0 spiro atoms. The molecule has 44 heavy (non-hydrogen) atoms. The van der Waals surface area contributed by atoms with Crippen molar-refractivity contribution in [2.45, 2.75) is 86.5 Å². The number of hydrogen-bond donors (Lipinski definition) is 0. The number of halogens is 17. The Bertz CT molecular complexity index is 1190. The molecule has 0 fully saturated rings. The molecule has 0 aliphatic carbocycles. The summed E-state index contributed by atoms with van der Waals surface area (Å²) in [5.74, 6) is -50.7. The zero-order chi connectivity index (χ0) is 35.6. The van der Waals surface area contributed by atoms with Crippen LogP contribution in [0.3, 0.4) is 0 Å². The predicted octanol–water partition coefficient (Wildman–Crippen LogP) is 9.23. The van der Waals surface area contributed by atoms with Gasteiger partial charge in [0.15, 0.2) is 16.6 Å². The first-order chi connectivity index (χ1) is 19.0. The predicted molar refractivity (Wildman–Crippen MR) is 131 cm³/mol. The Labute approximate surface area is 242 Å². The van der Waals surface area contributed by atoms with Crippen molar-refractivity contribution < 1.29 is 82.9 Å². The van der Waals surface area contributed by atoms with Gasteiger partial charge in [-0.3, -0.25) is 0 Å². The Morgan fingerprint density at radius 2 is 0.841 bits per heavy atom. The lowest BCUT2D eigenvalue weighted by atomic mass is 9.91. The first-order valence-corrected chi connectivity index (χ1v) is 20.4. The SMILES string of the molecule is C=Cc1ccccc1[Si](O[Si](C)(C)C)(O[Si](C)(C)C)C(F)(F)C(F)(F)C(F)(F)C(F)(F)C(F)(F)C(F)(F)C(F)(F)C(F)(F)F. The lowest BCUT2D eigenvalue weighted by Gasteiger charge is -2.49. The van der Waals surface area contributed by atoms with Crippen LogP contribution in [0.25, 0.3) is 6.08 Å². The van der Waals surface area contributed by atoms with Crippen LogP contribution < -0.4 is 5.19 Å². The molecule has 0 bridgehead atoms. The molecule has 0 amide bonds. The maximum absolute atomic E-state index is 16.2. The van der Waals surface area contributed by atoms with Gasteiger partial charge in [0.25, 0.3) is 0 Å². The summed E-state index contributed by atoms with van der Waals surface area (Å²) >= 11 is 0. The van der Waals surface area contributed by atoms with Crippen molar-refractivity contribution in [1.29, 1.82) is 0 Å². The van der Waals surface area contributed by atoms with Gasteiger partial charge >= 0.3 is 55.8 Å². The van der Waals surface area contributed by atoms with E-state index < -0.39 is 83.2 Å². The van der Waals surface area contributed by atoms with Gasteiger partial charge in [0.2, 0.25) is 0 Å². The average Bonchev–Trinajstić information content (AvgIpc) is 2.80. The topological polar surface area (TPSA) is 18.5 Å². The zero-order valence-corrected chi connectivity index (χ0v) is 26.3. The van der Waals surface area contributed by atoms with Gasteiger partial charge in [-0.1, -0.05) is 36.9 Å². The fourth-order valence-electron chi connectivity index (χ4n) is 3.64. The van der Waals surface area contributed by atoms with Crippen molar-refractivity contribution in [2.24, 2.45) is 0 Å². The van der Waals surface area contributed by atoms with Gasteiger partial charge in [-0.05, 0) is 44.8 Å². The molecule has 0 unspecified atom stereocenters. The number of alkyl halides is 17. The highest BCUT2D eigenvalue weighted by Crippen LogP contribution is 2.65. The molecule has 2 nitrogen and oxygen atoms in total. The molecule has 0 heterocycles. The Kier molecular flexibility index (Phi) is 10.3. The second-order valence-electron chi connectivity index (χ2n) is 11.4. The molecule has 0 aromatic heterocycles. The minimum absolute atomic E-state index is 0.552. The van der Waals surface area contributed by atoms with Gasteiger partial charge < -0.3 is 8.23 Å². The normalized spacial score (nSPS) is 15.9. The summed E-state index contributed by atoms with van der Waals surface area (Å²) in [6, 6.07) is 3.35. The molecular formula is C22H25F17O2Si3. The highest BCUT2D eigenvalue weighted by molar-refractivity contribution is 6.96. The highest BCUT2D eigenvalue weighted by Gasteiger charge is 2.97. The van der Waals surface area contributed by atoms with Crippen LogP contribution in [0.15, 0.2) is 30.8 Å². The molecule has 0 aliphatic rings. The molecule has 1 rings (SSSR count). The number of hydrogen-bond acceptors (Lipinski definition) is 2. The molecule has 1 aromatic carbocycles. The molecule has 0 N–H and O–H groups in total. The largest absolute Gasteiger partial charge is 0.460 e. The molecular weight excluding hydrogens is 703 g/mol. The van der Waals surface area contributed by atoms with Gasteiger partial charge in [0.1, 0.15) is 0 Å². The van der Waals surface area contributed by atoms with Crippen LogP contribution >= 0.6 is 0 Å². The Hall–Kier alpha value is -1.66. The highest BCUT2D eigenvalue weighted by atomic mass is 28.5. The summed E-state index contributed by atoms with van der Waals surface area (Å²) in [6.07, 6.45) is -7.14. The van der Waals surface area contributed by atoms with Crippen LogP contribution in [0.5, 0.6) is 0 Å². The van der Waals surface area contributed by atoms with E-state index in [9.17, 15) is 57.1 Å². The Morgan fingerprint density at radius 3 is 1.16 bits per heavy atom.